The van der Waals surface area contributed by atoms with Crippen LogP contribution in [-0.2, 0) is 14.6 Å². The molecule has 1 aromatic carbocycles. The first kappa shape index (κ1) is 17.2. The standard InChI is InChI=1S/C12H14Cl2O5S/c1-7(2)19-3-4-20(17,18)10-6-8(13)5-9(11(10)14)12(15)16/h5-7H,3-4H2,1-2H3,(H,15,16). The van der Waals surface area contributed by atoms with E-state index in [0.717, 1.165) is 12.1 Å². The van der Waals surface area contributed by atoms with Crippen LogP contribution in [0.5, 0.6) is 0 Å². The van der Waals surface area contributed by atoms with Crippen molar-refractivity contribution in [2.45, 2.75) is 24.8 Å². The molecule has 0 saturated carbocycles. The highest BCUT2D eigenvalue weighted by molar-refractivity contribution is 7.91. The van der Waals surface area contributed by atoms with Crippen LogP contribution in [0.4, 0.5) is 0 Å². The Kier molecular flexibility index (Phi) is 5.82. The van der Waals surface area contributed by atoms with Crippen LogP contribution in [0.3, 0.4) is 0 Å². The van der Waals surface area contributed by atoms with E-state index in [4.69, 9.17) is 33.0 Å². The normalized spacial score (nSPS) is 11.8. The number of hydrogen-bond acceptors (Lipinski definition) is 4. The van der Waals surface area contributed by atoms with Crippen LogP contribution in [0.15, 0.2) is 17.0 Å². The summed E-state index contributed by atoms with van der Waals surface area (Å²) in [6, 6.07) is 2.25. The smallest absolute Gasteiger partial charge is 0.337 e. The topological polar surface area (TPSA) is 80.7 Å². The molecule has 1 rings (SSSR count). The molecule has 0 spiro atoms. The van der Waals surface area contributed by atoms with Crippen molar-refractivity contribution >= 4 is 39.0 Å². The van der Waals surface area contributed by atoms with E-state index in [9.17, 15) is 13.2 Å². The zero-order chi connectivity index (χ0) is 15.5. The van der Waals surface area contributed by atoms with E-state index in [1.165, 1.54) is 0 Å². The average Bonchev–Trinajstić information content (AvgIpc) is 2.30. The van der Waals surface area contributed by atoms with Crippen LogP contribution >= 0.6 is 23.2 Å². The molecule has 0 aliphatic carbocycles. The van der Waals surface area contributed by atoms with E-state index in [2.05, 4.69) is 0 Å². The Morgan fingerprint density at radius 1 is 1.35 bits per heavy atom. The fraction of sp³-hybridized carbons (Fsp3) is 0.417. The fourth-order valence-electron chi connectivity index (χ4n) is 1.45. The molecule has 0 fully saturated rings. The van der Waals surface area contributed by atoms with Crippen molar-refractivity contribution in [2.24, 2.45) is 0 Å². The molecule has 8 heteroatoms. The quantitative estimate of drug-likeness (QED) is 0.860. The van der Waals surface area contributed by atoms with Gasteiger partial charge in [-0.1, -0.05) is 23.2 Å². The van der Waals surface area contributed by atoms with Gasteiger partial charge in [0.15, 0.2) is 9.84 Å². The lowest BCUT2D eigenvalue weighted by Gasteiger charge is -2.11. The number of benzene rings is 1. The Balaban J connectivity index is 3.15. The van der Waals surface area contributed by atoms with Gasteiger partial charge in [-0.25, -0.2) is 13.2 Å². The lowest BCUT2D eigenvalue weighted by molar-refractivity contribution is 0.0696. The summed E-state index contributed by atoms with van der Waals surface area (Å²) >= 11 is 11.6. The van der Waals surface area contributed by atoms with Gasteiger partial charge < -0.3 is 9.84 Å². The lowest BCUT2D eigenvalue weighted by atomic mass is 10.2. The Bertz CT molecular complexity index is 611. The van der Waals surface area contributed by atoms with Crippen molar-refractivity contribution in [1.29, 1.82) is 0 Å². The van der Waals surface area contributed by atoms with Crippen LogP contribution in [0.25, 0.3) is 0 Å². The van der Waals surface area contributed by atoms with Gasteiger partial charge in [0.1, 0.15) is 0 Å². The molecule has 112 valence electrons. The molecule has 0 radical (unpaired) electrons. The Morgan fingerprint density at radius 2 is 1.95 bits per heavy atom. The van der Waals surface area contributed by atoms with E-state index in [1.807, 2.05) is 0 Å². The van der Waals surface area contributed by atoms with Crippen molar-refractivity contribution in [1.82, 2.24) is 0 Å². The summed E-state index contributed by atoms with van der Waals surface area (Å²) in [6.07, 6.45) is -0.102. The number of carboxylic acids is 1. The van der Waals surface area contributed by atoms with Crippen LogP contribution in [-0.4, -0.2) is 38.0 Å². The van der Waals surface area contributed by atoms with Gasteiger partial charge in [-0.05, 0) is 26.0 Å². The first-order chi connectivity index (χ1) is 9.15. The van der Waals surface area contributed by atoms with E-state index in [-0.39, 0.29) is 39.0 Å². The summed E-state index contributed by atoms with van der Waals surface area (Å²) in [7, 11) is -3.77. The maximum atomic E-state index is 12.1. The first-order valence-corrected chi connectivity index (χ1v) is 8.12. The monoisotopic (exact) mass is 340 g/mol. The summed E-state index contributed by atoms with van der Waals surface area (Å²) in [5, 5.41) is 8.62. The second-order valence-electron chi connectivity index (χ2n) is 4.31. The van der Waals surface area contributed by atoms with Gasteiger partial charge >= 0.3 is 5.97 Å². The minimum Gasteiger partial charge on any atom is -0.478 e. The number of aromatic carboxylic acids is 1. The molecule has 0 saturated heterocycles. The first-order valence-electron chi connectivity index (χ1n) is 5.72. The van der Waals surface area contributed by atoms with Crippen molar-refractivity contribution < 1.29 is 23.1 Å². The molecular weight excluding hydrogens is 327 g/mol. The predicted octanol–water partition coefficient (Wildman–Crippen LogP) is 2.89. The second-order valence-corrected chi connectivity index (χ2v) is 7.20. The highest BCUT2D eigenvalue weighted by atomic mass is 35.5. The highest BCUT2D eigenvalue weighted by Gasteiger charge is 2.23. The van der Waals surface area contributed by atoms with Crippen LogP contribution in [0, 0.1) is 0 Å². The molecule has 0 amide bonds. The zero-order valence-corrected chi connectivity index (χ0v) is 13.2. The molecular formula is C12H14Cl2O5S. The van der Waals surface area contributed by atoms with Gasteiger partial charge in [-0.15, -0.1) is 0 Å². The largest absolute Gasteiger partial charge is 0.478 e. The van der Waals surface area contributed by atoms with Gasteiger partial charge in [0.2, 0.25) is 0 Å². The third-order valence-corrected chi connectivity index (χ3v) is 4.81. The molecule has 0 unspecified atom stereocenters. The third kappa shape index (κ3) is 4.34. The molecule has 0 aromatic heterocycles. The van der Waals surface area contributed by atoms with Gasteiger partial charge in [0, 0.05) is 5.02 Å². The molecule has 5 nitrogen and oxygen atoms in total. The summed E-state index contributed by atoms with van der Waals surface area (Å²) in [5.41, 5.74) is -0.345. The van der Waals surface area contributed by atoms with E-state index in [0.29, 0.717) is 0 Å². The number of carboxylic acid groups (broad SMARTS) is 1. The van der Waals surface area contributed by atoms with Crippen molar-refractivity contribution in [2.75, 3.05) is 12.4 Å². The maximum Gasteiger partial charge on any atom is 0.337 e. The molecule has 0 aliphatic rings. The molecule has 1 aromatic rings. The Labute approximate surface area is 127 Å². The minimum absolute atomic E-state index is 0.00449. The molecule has 20 heavy (non-hydrogen) atoms. The average molecular weight is 341 g/mol. The molecule has 1 N–H and O–H groups in total. The molecule has 0 bridgehead atoms. The van der Waals surface area contributed by atoms with Gasteiger partial charge in [0.05, 0.1) is 33.9 Å². The second kappa shape index (κ2) is 6.76. The van der Waals surface area contributed by atoms with Gasteiger partial charge in [0.25, 0.3) is 0 Å². The minimum atomic E-state index is -3.77. The van der Waals surface area contributed by atoms with Crippen LogP contribution < -0.4 is 0 Å². The SMILES string of the molecule is CC(C)OCCS(=O)(=O)c1cc(Cl)cc(C(=O)O)c1Cl. The summed E-state index contributed by atoms with van der Waals surface area (Å²) in [4.78, 5) is 10.7. The Hall–Kier alpha value is -0.820. The summed E-state index contributed by atoms with van der Waals surface area (Å²) in [5.74, 6) is -1.64. The number of sulfone groups is 1. The number of rotatable bonds is 6. The van der Waals surface area contributed by atoms with Crippen LogP contribution in [0.2, 0.25) is 10.0 Å². The molecule has 0 heterocycles. The maximum absolute atomic E-state index is 12.1. The van der Waals surface area contributed by atoms with Crippen molar-refractivity contribution in [3.8, 4) is 0 Å². The number of ether oxygens (including phenoxy) is 1. The summed E-state index contributed by atoms with van der Waals surface area (Å²) < 4.78 is 29.5. The number of hydrogen-bond donors (Lipinski definition) is 1. The number of carbonyl (C=O) groups is 1. The Morgan fingerprint density at radius 3 is 2.45 bits per heavy atom. The van der Waals surface area contributed by atoms with Gasteiger partial charge in [-0.2, -0.15) is 0 Å². The lowest BCUT2D eigenvalue weighted by Crippen LogP contribution is -2.16. The summed E-state index contributed by atoms with van der Waals surface area (Å²) in [6.45, 7) is 3.55. The van der Waals surface area contributed by atoms with Crippen molar-refractivity contribution in [3.63, 3.8) is 0 Å². The van der Waals surface area contributed by atoms with E-state index < -0.39 is 15.8 Å². The molecule has 0 aliphatic heterocycles. The van der Waals surface area contributed by atoms with Crippen molar-refractivity contribution in [3.05, 3.63) is 27.7 Å². The molecule has 0 atom stereocenters. The highest BCUT2D eigenvalue weighted by Crippen LogP contribution is 2.30. The number of halogens is 2. The predicted molar refractivity (Wildman–Crippen MR) is 76.6 cm³/mol. The fourth-order valence-corrected chi connectivity index (χ4v) is 3.50. The van der Waals surface area contributed by atoms with Crippen LogP contribution in [0.1, 0.15) is 24.2 Å². The van der Waals surface area contributed by atoms with Gasteiger partial charge in [-0.3, -0.25) is 0 Å². The third-order valence-electron chi connectivity index (χ3n) is 2.37. The zero-order valence-electron chi connectivity index (χ0n) is 10.9. The van der Waals surface area contributed by atoms with E-state index >= 15 is 0 Å². The van der Waals surface area contributed by atoms with E-state index in [1.54, 1.807) is 13.8 Å².